The van der Waals surface area contributed by atoms with Crippen molar-refractivity contribution in [1.82, 2.24) is 0 Å². The zero-order chi connectivity index (χ0) is 13.7. The lowest BCUT2D eigenvalue weighted by Crippen LogP contribution is -2.22. The summed E-state index contributed by atoms with van der Waals surface area (Å²) >= 11 is 0. The summed E-state index contributed by atoms with van der Waals surface area (Å²) in [4.78, 5) is 0. The lowest BCUT2D eigenvalue weighted by Gasteiger charge is -2.15. The van der Waals surface area contributed by atoms with E-state index in [0.717, 1.165) is 17.7 Å². The van der Waals surface area contributed by atoms with E-state index in [1.807, 2.05) is 24.3 Å². The van der Waals surface area contributed by atoms with Crippen molar-refractivity contribution < 1.29 is 9.47 Å². The molecule has 2 aromatic carbocycles. The molecule has 2 rings (SSSR count). The molecule has 0 radical (unpaired) electrons. The van der Waals surface area contributed by atoms with Crippen LogP contribution >= 0.6 is 0 Å². The van der Waals surface area contributed by atoms with E-state index < -0.39 is 8.07 Å². The van der Waals surface area contributed by atoms with Gasteiger partial charge in [0, 0.05) is 20.1 Å². The predicted octanol–water partition coefficient (Wildman–Crippen LogP) is 4.53. The fourth-order valence-electron chi connectivity index (χ4n) is 1.86. The van der Waals surface area contributed by atoms with E-state index in [1.54, 1.807) is 0 Å². The zero-order valence-electron chi connectivity index (χ0n) is 12.0. The molecule has 0 saturated heterocycles. The van der Waals surface area contributed by atoms with Crippen molar-refractivity contribution in [3.8, 4) is 5.75 Å². The van der Waals surface area contributed by atoms with Crippen LogP contribution in [0.3, 0.4) is 0 Å². The summed E-state index contributed by atoms with van der Waals surface area (Å²) in [5, 5.41) is 2.33. The van der Waals surface area contributed by atoms with Crippen LogP contribution in [0, 0.1) is 0 Å². The molecule has 0 unspecified atom stereocenters. The van der Waals surface area contributed by atoms with Crippen molar-refractivity contribution in [3.63, 3.8) is 0 Å². The molecule has 2 nitrogen and oxygen atoms in total. The molecule has 102 valence electrons. The average molecular weight is 274 g/mol. The molecule has 0 N–H and O–H groups in total. The third kappa shape index (κ3) is 4.37. The SMILES string of the molecule is C[Si](C)(C)CCOCOc1cccc2ccccc12. The van der Waals surface area contributed by atoms with Crippen LogP contribution in [-0.2, 0) is 4.74 Å². The van der Waals surface area contributed by atoms with Crippen LogP contribution < -0.4 is 4.74 Å². The van der Waals surface area contributed by atoms with Gasteiger partial charge in [-0.2, -0.15) is 0 Å². The smallest absolute Gasteiger partial charge is 0.189 e. The van der Waals surface area contributed by atoms with Crippen LogP contribution in [0.2, 0.25) is 25.7 Å². The van der Waals surface area contributed by atoms with Crippen molar-refractivity contribution in [2.75, 3.05) is 13.4 Å². The minimum Gasteiger partial charge on any atom is -0.467 e. The highest BCUT2D eigenvalue weighted by Crippen LogP contribution is 2.25. The van der Waals surface area contributed by atoms with Crippen molar-refractivity contribution in [1.29, 1.82) is 0 Å². The molecule has 19 heavy (non-hydrogen) atoms. The summed E-state index contributed by atoms with van der Waals surface area (Å²) in [5.74, 6) is 0.895. The Bertz CT molecular complexity index is 526. The predicted molar refractivity (Wildman–Crippen MR) is 83.5 cm³/mol. The van der Waals surface area contributed by atoms with Crippen molar-refractivity contribution in [2.24, 2.45) is 0 Å². The number of fused-ring (bicyclic) bond motifs is 1. The molecule has 3 heteroatoms. The van der Waals surface area contributed by atoms with Crippen LogP contribution in [-0.4, -0.2) is 21.5 Å². The summed E-state index contributed by atoms with van der Waals surface area (Å²) in [6.45, 7) is 8.17. The highest BCUT2D eigenvalue weighted by atomic mass is 28.3. The van der Waals surface area contributed by atoms with Crippen molar-refractivity contribution in [2.45, 2.75) is 25.7 Å². The Labute approximate surface area is 116 Å². The van der Waals surface area contributed by atoms with Gasteiger partial charge in [-0.1, -0.05) is 56.0 Å². The lowest BCUT2D eigenvalue weighted by molar-refractivity contribution is 0.0230. The molecule has 0 fully saturated rings. The normalized spacial score (nSPS) is 11.7. The average Bonchev–Trinajstić information content (AvgIpc) is 2.37. The van der Waals surface area contributed by atoms with Crippen molar-refractivity contribution >= 4 is 18.8 Å². The van der Waals surface area contributed by atoms with Gasteiger partial charge in [-0.3, -0.25) is 0 Å². The van der Waals surface area contributed by atoms with Gasteiger partial charge in [0.05, 0.1) is 0 Å². The Hall–Kier alpha value is -1.32. The molecule has 0 spiro atoms. The van der Waals surface area contributed by atoms with Crippen LogP contribution in [0.1, 0.15) is 0 Å². The molecule has 0 atom stereocenters. The Morgan fingerprint density at radius 2 is 1.68 bits per heavy atom. The highest BCUT2D eigenvalue weighted by molar-refractivity contribution is 6.76. The van der Waals surface area contributed by atoms with E-state index in [2.05, 4.69) is 37.8 Å². The number of rotatable bonds is 6. The molecule has 0 amide bonds. The van der Waals surface area contributed by atoms with E-state index in [0.29, 0.717) is 6.79 Å². The topological polar surface area (TPSA) is 18.5 Å². The molecule has 0 heterocycles. The highest BCUT2D eigenvalue weighted by Gasteiger charge is 2.12. The van der Waals surface area contributed by atoms with Gasteiger partial charge in [0.2, 0.25) is 0 Å². The Morgan fingerprint density at radius 1 is 0.947 bits per heavy atom. The zero-order valence-corrected chi connectivity index (χ0v) is 13.0. The van der Waals surface area contributed by atoms with E-state index in [9.17, 15) is 0 Å². The number of ether oxygens (including phenoxy) is 2. The Kier molecular flexibility index (Phi) is 4.61. The summed E-state index contributed by atoms with van der Waals surface area (Å²) < 4.78 is 11.3. The van der Waals surface area contributed by atoms with Crippen LogP contribution in [0.4, 0.5) is 0 Å². The van der Waals surface area contributed by atoms with Gasteiger partial charge in [0.15, 0.2) is 6.79 Å². The summed E-state index contributed by atoms with van der Waals surface area (Å²) in [5.41, 5.74) is 0. The van der Waals surface area contributed by atoms with Gasteiger partial charge in [0.25, 0.3) is 0 Å². The van der Waals surface area contributed by atoms with Gasteiger partial charge < -0.3 is 9.47 Å². The Morgan fingerprint density at radius 3 is 2.47 bits per heavy atom. The maximum atomic E-state index is 5.73. The minimum atomic E-state index is -1.01. The maximum absolute atomic E-state index is 5.73. The minimum absolute atomic E-state index is 0.332. The van der Waals surface area contributed by atoms with E-state index in [4.69, 9.17) is 9.47 Å². The van der Waals surface area contributed by atoms with Crippen molar-refractivity contribution in [3.05, 3.63) is 42.5 Å². The second-order valence-corrected chi connectivity index (χ2v) is 11.6. The molecule has 0 saturated carbocycles. The first-order chi connectivity index (χ1) is 9.06. The molecule has 0 aliphatic rings. The fraction of sp³-hybridized carbons (Fsp3) is 0.375. The van der Waals surface area contributed by atoms with Crippen LogP contribution in [0.25, 0.3) is 10.8 Å². The monoisotopic (exact) mass is 274 g/mol. The third-order valence-electron chi connectivity index (χ3n) is 3.04. The molecule has 0 aliphatic carbocycles. The van der Waals surface area contributed by atoms with Crippen LogP contribution in [0.15, 0.2) is 42.5 Å². The molecule has 2 aromatic rings. The van der Waals surface area contributed by atoms with Gasteiger partial charge in [-0.05, 0) is 17.5 Å². The summed E-state index contributed by atoms with van der Waals surface area (Å²) in [6.07, 6.45) is 0. The second kappa shape index (κ2) is 6.22. The van der Waals surface area contributed by atoms with Gasteiger partial charge in [-0.25, -0.2) is 0 Å². The lowest BCUT2D eigenvalue weighted by atomic mass is 10.1. The van der Waals surface area contributed by atoms with E-state index in [-0.39, 0.29) is 0 Å². The number of benzene rings is 2. The maximum Gasteiger partial charge on any atom is 0.189 e. The summed E-state index contributed by atoms with van der Waals surface area (Å²) in [6, 6.07) is 15.5. The van der Waals surface area contributed by atoms with Crippen LogP contribution in [0.5, 0.6) is 5.75 Å². The van der Waals surface area contributed by atoms with E-state index >= 15 is 0 Å². The van der Waals surface area contributed by atoms with Gasteiger partial charge >= 0.3 is 0 Å². The molecule has 0 bridgehead atoms. The fourth-order valence-corrected chi connectivity index (χ4v) is 2.62. The third-order valence-corrected chi connectivity index (χ3v) is 4.75. The first-order valence-electron chi connectivity index (χ1n) is 6.75. The number of hydrogen-bond donors (Lipinski definition) is 0. The molecular weight excluding hydrogens is 252 g/mol. The number of hydrogen-bond acceptors (Lipinski definition) is 2. The second-order valence-electron chi connectivity index (χ2n) is 5.96. The molecule has 0 aromatic heterocycles. The largest absolute Gasteiger partial charge is 0.467 e. The first kappa shape index (κ1) is 14.1. The van der Waals surface area contributed by atoms with Gasteiger partial charge in [-0.15, -0.1) is 0 Å². The first-order valence-corrected chi connectivity index (χ1v) is 10.5. The van der Waals surface area contributed by atoms with Gasteiger partial charge in [0.1, 0.15) is 5.75 Å². The quantitative estimate of drug-likeness (QED) is 0.438. The Balaban J connectivity index is 1.88. The molecular formula is C16H22O2Si. The standard InChI is InChI=1S/C16H22O2Si/c1-19(2,3)12-11-17-13-18-16-10-6-8-14-7-4-5-9-15(14)16/h4-10H,11-13H2,1-3H3. The van der Waals surface area contributed by atoms with E-state index in [1.165, 1.54) is 11.4 Å². The summed E-state index contributed by atoms with van der Waals surface area (Å²) in [7, 11) is -1.01. The molecule has 0 aliphatic heterocycles.